The van der Waals surface area contributed by atoms with Gasteiger partial charge in [-0.2, -0.15) is 0 Å². The number of carboxylic acid groups (broad SMARTS) is 1. The Hall–Kier alpha value is -1.93. The fraction of sp³-hybridized carbons (Fsp3) is 0.800. The predicted octanol–water partition coefficient (Wildman–Crippen LogP) is 2.78. The van der Waals surface area contributed by atoms with E-state index in [1.165, 1.54) is 19.8 Å². The third-order valence-electron chi connectivity index (χ3n) is 5.19. The van der Waals surface area contributed by atoms with Gasteiger partial charge in [-0.15, -0.1) is 0 Å². The molecule has 33 heavy (non-hydrogen) atoms. The Morgan fingerprint density at radius 2 is 1.58 bits per heavy atom. The molecule has 0 bridgehead atoms. The Morgan fingerprint density at radius 3 is 2.18 bits per heavy atom. The number of unbranched alkanes of at least 4 members (excludes halogenated alkanes) is 6. The summed E-state index contributed by atoms with van der Waals surface area (Å²) in [5.41, 5.74) is 0. The highest BCUT2D eigenvalue weighted by Gasteiger charge is 2.25. The zero-order valence-corrected chi connectivity index (χ0v) is 21.3. The standard InChI is InChI=1S/C25H45NO7/c1-6-7-8-9-10-11-12-13-14-15-16-24(28)33-22(20-32-21(2)27)19-31-18-17-23(25(29)30)26(3,4)5/h8-9,22-23H,6-7,10-20H2,1-5H3/b9-8-. The number of aliphatic carboxylic acids is 1. The molecule has 192 valence electrons. The molecule has 0 aromatic heterocycles. The molecule has 0 radical (unpaired) electrons. The smallest absolute Gasteiger partial charge is 0.306 e. The maximum atomic E-state index is 12.2. The van der Waals surface area contributed by atoms with Gasteiger partial charge in [-0.25, -0.2) is 0 Å². The quantitative estimate of drug-likeness (QED) is 0.116. The van der Waals surface area contributed by atoms with Gasteiger partial charge >= 0.3 is 11.9 Å². The largest absolute Gasteiger partial charge is 0.544 e. The number of rotatable bonds is 20. The Labute approximate surface area is 199 Å². The van der Waals surface area contributed by atoms with Gasteiger partial charge < -0.3 is 28.6 Å². The second kappa shape index (κ2) is 18.5. The summed E-state index contributed by atoms with van der Waals surface area (Å²) >= 11 is 0. The van der Waals surface area contributed by atoms with Gasteiger partial charge in [0, 0.05) is 19.8 Å². The molecule has 0 aromatic carbocycles. The van der Waals surface area contributed by atoms with E-state index in [1.807, 2.05) is 0 Å². The molecule has 8 nitrogen and oxygen atoms in total. The molecule has 0 heterocycles. The number of quaternary nitrogens is 1. The van der Waals surface area contributed by atoms with E-state index >= 15 is 0 Å². The van der Waals surface area contributed by atoms with Crippen LogP contribution in [-0.4, -0.2) is 75.5 Å². The van der Waals surface area contributed by atoms with Crippen molar-refractivity contribution < 1.29 is 38.2 Å². The van der Waals surface area contributed by atoms with Crippen LogP contribution in [0.2, 0.25) is 0 Å². The third-order valence-corrected chi connectivity index (χ3v) is 5.19. The fourth-order valence-electron chi connectivity index (χ4n) is 3.27. The monoisotopic (exact) mass is 471 g/mol. The first-order valence-corrected chi connectivity index (χ1v) is 12.2. The lowest BCUT2D eigenvalue weighted by Gasteiger charge is -2.34. The third kappa shape index (κ3) is 18.2. The van der Waals surface area contributed by atoms with Gasteiger partial charge in [0.2, 0.25) is 0 Å². The Bertz CT molecular complexity index is 584. The summed E-state index contributed by atoms with van der Waals surface area (Å²) in [6.07, 6.45) is 12.9. The number of allylic oxidation sites excluding steroid dienone is 2. The molecule has 0 N–H and O–H groups in total. The highest BCUT2D eigenvalue weighted by molar-refractivity contribution is 5.70. The van der Waals surface area contributed by atoms with Crippen molar-refractivity contribution in [3.63, 3.8) is 0 Å². The number of carbonyl (C=O) groups is 3. The fourth-order valence-corrected chi connectivity index (χ4v) is 3.27. The van der Waals surface area contributed by atoms with Crippen LogP contribution in [0.3, 0.4) is 0 Å². The highest BCUT2D eigenvalue weighted by atomic mass is 16.6. The van der Waals surface area contributed by atoms with Crippen molar-refractivity contribution in [2.45, 2.75) is 90.2 Å². The molecule has 2 atom stereocenters. The van der Waals surface area contributed by atoms with Crippen molar-refractivity contribution in [1.82, 2.24) is 0 Å². The molecule has 0 rings (SSSR count). The van der Waals surface area contributed by atoms with Crippen LogP contribution in [0.5, 0.6) is 0 Å². The van der Waals surface area contributed by atoms with E-state index in [-0.39, 0.29) is 36.7 Å². The summed E-state index contributed by atoms with van der Waals surface area (Å²) in [5, 5.41) is 11.3. The molecule has 0 aliphatic heterocycles. The first-order chi connectivity index (χ1) is 15.6. The van der Waals surface area contributed by atoms with E-state index < -0.39 is 24.1 Å². The molecule has 0 amide bonds. The van der Waals surface area contributed by atoms with Gasteiger partial charge in [-0.05, 0) is 25.7 Å². The molecular weight excluding hydrogens is 426 g/mol. The summed E-state index contributed by atoms with van der Waals surface area (Å²) in [7, 11) is 5.32. The van der Waals surface area contributed by atoms with Gasteiger partial charge in [0.25, 0.3) is 0 Å². The summed E-state index contributed by atoms with van der Waals surface area (Å²) in [6, 6.07) is -0.716. The minimum absolute atomic E-state index is 0.0292. The average molecular weight is 472 g/mol. The summed E-state index contributed by atoms with van der Waals surface area (Å²) in [5.74, 6) is -1.96. The van der Waals surface area contributed by atoms with Crippen molar-refractivity contribution in [3.8, 4) is 0 Å². The number of hydrogen-bond donors (Lipinski definition) is 0. The molecule has 0 saturated carbocycles. The number of esters is 2. The van der Waals surface area contributed by atoms with E-state index in [2.05, 4.69) is 19.1 Å². The number of carbonyl (C=O) groups excluding carboxylic acids is 3. The molecule has 0 aromatic rings. The molecule has 0 saturated heterocycles. The van der Waals surface area contributed by atoms with Gasteiger partial charge in [-0.1, -0.05) is 44.8 Å². The molecule has 0 aliphatic carbocycles. The van der Waals surface area contributed by atoms with Crippen molar-refractivity contribution in [1.29, 1.82) is 0 Å². The van der Waals surface area contributed by atoms with Crippen molar-refractivity contribution in [2.24, 2.45) is 0 Å². The lowest BCUT2D eigenvalue weighted by atomic mass is 10.1. The number of likely N-dealkylation sites (N-methyl/N-ethyl adjacent to an activating group) is 1. The maximum absolute atomic E-state index is 12.2. The van der Waals surface area contributed by atoms with Gasteiger partial charge in [0.15, 0.2) is 6.10 Å². The minimum atomic E-state index is -1.14. The number of ether oxygens (including phenoxy) is 3. The van der Waals surface area contributed by atoms with Crippen LogP contribution in [-0.2, 0) is 28.6 Å². The van der Waals surface area contributed by atoms with E-state index in [0.29, 0.717) is 6.42 Å². The molecule has 0 aliphatic rings. The van der Waals surface area contributed by atoms with Gasteiger partial charge in [0.1, 0.15) is 12.6 Å². The Kier molecular flexibility index (Phi) is 17.4. The van der Waals surface area contributed by atoms with Crippen LogP contribution >= 0.6 is 0 Å². The lowest BCUT2D eigenvalue weighted by Crippen LogP contribution is -2.55. The Balaban J connectivity index is 4.22. The van der Waals surface area contributed by atoms with Gasteiger partial charge in [0.05, 0.1) is 40.3 Å². The average Bonchev–Trinajstić information content (AvgIpc) is 2.71. The zero-order valence-electron chi connectivity index (χ0n) is 21.3. The van der Waals surface area contributed by atoms with E-state index in [4.69, 9.17) is 14.2 Å². The molecular formula is C25H45NO7. The summed E-state index contributed by atoms with van der Waals surface area (Å²) < 4.78 is 16.1. The second-order valence-corrected chi connectivity index (χ2v) is 9.30. The maximum Gasteiger partial charge on any atom is 0.306 e. The number of carboxylic acids is 1. The minimum Gasteiger partial charge on any atom is -0.544 e. The molecule has 2 unspecified atom stereocenters. The molecule has 0 fully saturated rings. The van der Waals surface area contributed by atoms with Crippen LogP contribution in [0.1, 0.15) is 78.1 Å². The number of hydrogen-bond acceptors (Lipinski definition) is 7. The van der Waals surface area contributed by atoms with Crippen LogP contribution in [0.4, 0.5) is 0 Å². The van der Waals surface area contributed by atoms with E-state index in [9.17, 15) is 19.5 Å². The van der Waals surface area contributed by atoms with Crippen molar-refractivity contribution in [2.75, 3.05) is 41.0 Å². The van der Waals surface area contributed by atoms with Crippen molar-refractivity contribution in [3.05, 3.63) is 12.2 Å². The topological polar surface area (TPSA) is 102 Å². The molecule has 8 heteroatoms. The Morgan fingerprint density at radius 1 is 0.939 bits per heavy atom. The van der Waals surface area contributed by atoms with E-state index in [1.54, 1.807) is 21.1 Å². The van der Waals surface area contributed by atoms with Crippen molar-refractivity contribution >= 4 is 17.9 Å². The first kappa shape index (κ1) is 31.1. The lowest BCUT2D eigenvalue weighted by molar-refractivity contribution is -0.889. The first-order valence-electron chi connectivity index (χ1n) is 12.2. The van der Waals surface area contributed by atoms with E-state index in [0.717, 1.165) is 38.5 Å². The second-order valence-electron chi connectivity index (χ2n) is 9.30. The summed E-state index contributed by atoms with van der Waals surface area (Å²) in [6.45, 7) is 3.55. The van der Waals surface area contributed by atoms with Crippen LogP contribution in [0.25, 0.3) is 0 Å². The predicted molar refractivity (Wildman–Crippen MR) is 125 cm³/mol. The van der Waals surface area contributed by atoms with Crippen LogP contribution < -0.4 is 5.11 Å². The summed E-state index contributed by atoms with van der Waals surface area (Å²) in [4.78, 5) is 34.6. The molecule has 0 spiro atoms. The highest BCUT2D eigenvalue weighted by Crippen LogP contribution is 2.11. The number of nitrogens with zero attached hydrogens (tertiary/aromatic N) is 1. The van der Waals surface area contributed by atoms with Crippen LogP contribution in [0.15, 0.2) is 12.2 Å². The normalized spacial score (nSPS) is 13.6. The SMILES string of the molecule is CCC/C=C\CCCCCCCC(=O)OC(COCCC(C(=O)[O-])[N+](C)(C)C)COC(C)=O. The zero-order chi connectivity index (χ0) is 25.1. The van der Waals surface area contributed by atoms with Gasteiger partial charge in [-0.3, -0.25) is 9.59 Å². The van der Waals surface area contributed by atoms with Crippen LogP contribution in [0, 0.1) is 0 Å².